The summed E-state index contributed by atoms with van der Waals surface area (Å²) in [6.07, 6.45) is 8.16. The molecule has 8 heteroatoms. The van der Waals surface area contributed by atoms with Crippen molar-refractivity contribution >= 4 is 12.0 Å². The Balaban J connectivity index is 1.44. The van der Waals surface area contributed by atoms with Gasteiger partial charge in [0, 0.05) is 17.8 Å². The van der Waals surface area contributed by atoms with E-state index in [2.05, 4.69) is 4.98 Å². The second-order valence-electron chi connectivity index (χ2n) is 8.82. The van der Waals surface area contributed by atoms with Gasteiger partial charge in [0.05, 0.1) is 30.9 Å². The van der Waals surface area contributed by atoms with Gasteiger partial charge >= 0.3 is 0 Å². The summed E-state index contributed by atoms with van der Waals surface area (Å²) in [5, 5.41) is 0. The summed E-state index contributed by atoms with van der Waals surface area (Å²) in [5.41, 5.74) is 3.44. The van der Waals surface area contributed by atoms with E-state index in [1.165, 1.54) is 0 Å². The molecule has 2 saturated heterocycles. The van der Waals surface area contributed by atoms with E-state index in [1.807, 2.05) is 42.0 Å². The average molecular weight is 467 g/mol. The van der Waals surface area contributed by atoms with Crippen molar-refractivity contribution in [3.8, 4) is 11.4 Å². The van der Waals surface area contributed by atoms with Gasteiger partial charge in [0.25, 0.3) is 5.91 Å². The van der Waals surface area contributed by atoms with Crippen molar-refractivity contribution in [3.05, 3.63) is 82.7 Å². The number of ether oxygens (including phenoxy) is 1. The number of imidazole rings is 1. The first-order chi connectivity index (χ1) is 16.4. The van der Waals surface area contributed by atoms with Gasteiger partial charge in [-0.3, -0.25) is 4.79 Å². The van der Waals surface area contributed by atoms with Crippen molar-refractivity contribution in [2.75, 3.05) is 7.11 Å². The van der Waals surface area contributed by atoms with Crippen LogP contribution in [-0.2, 0) is 4.79 Å². The zero-order chi connectivity index (χ0) is 24.0. The lowest BCUT2D eigenvalue weighted by molar-refractivity contribution is -0.131. The number of benzene rings is 2. The molecular weight excluding hydrogens is 443 g/mol. The largest absolute Gasteiger partial charge is 0.495 e. The van der Waals surface area contributed by atoms with E-state index in [0.29, 0.717) is 24.2 Å². The Hall–Kier alpha value is -3.55. The van der Waals surface area contributed by atoms with Crippen LogP contribution in [0, 0.1) is 24.4 Å². The fraction of sp³-hybridized carbons (Fsp3) is 0.308. The number of rotatable bonds is 4. The van der Waals surface area contributed by atoms with Crippen molar-refractivity contribution in [3.63, 3.8) is 0 Å². The minimum atomic E-state index is -1.49. The van der Waals surface area contributed by atoms with E-state index in [1.54, 1.807) is 18.3 Å². The number of aromatic nitrogens is 2. The predicted octanol–water partition coefficient (Wildman–Crippen LogP) is 5.52. The highest BCUT2D eigenvalue weighted by Crippen LogP contribution is 2.43. The zero-order valence-corrected chi connectivity index (χ0v) is 18.9. The molecule has 0 aliphatic carbocycles. The maximum absolute atomic E-state index is 13.9. The lowest BCUT2D eigenvalue weighted by Crippen LogP contribution is -2.41. The molecule has 34 heavy (non-hydrogen) atoms. The van der Waals surface area contributed by atoms with E-state index in [-0.39, 0.29) is 17.5 Å². The third-order valence-electron chi connectivity index (χ3n) is 6.68. The van der Waals surface area contributed by atoms with E-state index < -0.39 is 23.5 Å². The number of carbonyl (C=O) groups excluding carboxylic acids is 1. The fourth-order valence-corrected chi connectivity index (χ4v) is 5.05. The number of amides is 1. The summed E-state index contributed by atoms with van der Waals surface area (Å²) in [7, 11) is 1.59. The predicted molar refractivity (Wildman–Crippen MR) is 121 cm³/mol. The minimum absolute atomic E-state index is 0.00668. The minimum Gasteiger partial charge on any atom is -0.495 e. The van der Waals surface area contributed by atoms with Gasteiger partial charge in [-0.15, -0.1) is 0 Å². The van der Waals surface area contributed by atoms with Crippen LogP contribution < -0.4 is 4.74 Å². The van der Waals surface area contributed by atoms with Gasteiger partial charge in [-0.05, 0) is 74.1 Å². The summed E-state index contributed by atoms with van der Waals surface area (Å²) in [5.74, 6) is -3.48. The number of hydrogen-bond donors (Lipinski definition) is 0. The van der Waals surface area contributed by atoms with Gasteiger partial charge in [-0.25, -0.2) is 18.2 Å². The third kappa shape index (κ3) is 3.87. The summed E-state index contributed by atoms with van der Waals surface area (Å²) in [6.45, 7) is 1.91. The molecular formula is C26H24F3N3O2. The molecule has 0 spiro atoms. The van der Waals surface area contributed by atoms with Crippen LogP contribution in [0.25, 0.3) is 11.8 Å². The molecule has 3 aromatic rings. The molecule has 1 amide bonds. The Bertz CT molecular complexity index is 1280. The molecule has 0 bridgehead atoms. The van der Waals surface area contributed by atoms with Crippen molar-refractivity contribution in [1.82, 2.24) is 14.5 Å². The molecule has 3 heterocycles. The molecule has 5 nitrogen and oxygen atoms in total. The highest BCUT2D eigenvalue weighted by atomic mass is 19.2. The van der Waals surface area contributed by atoms with Crippen LogP contribution in [0.3, 0.4) is 0 Å². The Labute approximate surface area is 195 Å². The number of aryl methyl sites for hydroxylation is 1. The van der Waals surface area contributed by atoms with Crippen molar-refractivity contribution < 1.29 is 22.7 Å². The quantitative estimate of drug-likeness (QED) is 0.375. The smallest absolute Gasteiger partial charge is 0.250 e. The number of methoxy groups -OCH3 is 1. The van der Waals surface area contributed by atoms with Crippen LogP contribution in [0.15, 0.2) is 48.4 Å². The number of fused-ring (bicyclic) bond motifs is 1. The Morgan fingerprint density at radius 2 is 1.85 bits per heavy atom. The van der Waals surface area contributed by atoms with Crippen LogP contribution in [0.1, 0.15) is 48.5 Å². The summed E-state index contributed by atoms with van der Waals surface area (Å²) in [6, 6.07) is 7.20. The number of carbonyl (C=O) groups is 1. The summed E-state index contributed by atoms with van der Waals surface area (Å²) >= 11 is 0. The van der Waals surface area contributed by atoms with Crippen LogP contribution in [0.4, 0.5) is 13.2 Å². The van der Waals surface area contributed by atoms with E-state index in [0.717, 1.165) is 41.9 Å². The summed E-state index contributed by atoms with van der Waals surface area (Å²) in [4.78, 5) is 19.4. The lowest BCUT2D eigenvalue weighted by atomic mass is 9.95. The Morgan fingerprint density at radius 1 is 1.09 bits per heavy atom. The van der Waals surface area contributed by atoms with Gasteiger partial charge in [0.1, 0.15) is 5.75 Å². The molecule has 1 aromatic heterocycles. The van der Waals surface area contributed by atoms with Gasteiger partial charge < -0.3 is 14.2 Å². The first kappa shape index (κ1) is 22.3. The van der Waals surface area contributed by atoms with E-state index in [4.69, 9.17) is 4.74 Å². The average Bonchev–Trinajstić information content (AvgIpc) is 3.45. The molecule has 0 N–H and O–H groups in total. The molecule has 2 fully saturated rings. The molecule has 2 aliphatic heterocycles. The second-order valence-corrected chi connectivity index (χ2v) is 8.82. The van der Waals surface area contributed by atoms with Crippen molar-refractivity contribution in [2.24, 2.45) is 0 Å². The van der Waals surface area contributed by atoms with E-state index in [9.17, 15) is 18.0 Å². The van der Waals surface area contributed by atoms with E-state index >= 15 is 0 Å². The van der Waals surface area contributed by atoms with Gasteiger partial charge in [-0.1, -0.05) is 6.07 Å². The highest BCUT2D eigenvalue weighted by Gasteiger charge is 2.42. The standard InChI is InChI=1S/C26H24F3N3O2/c1-15-13-31(14-30-15)23-7-3-16(10-24(23)34-2)9-17-4-5-19-6-8-22(32(19)26(17)33)18-11-20(27)25(29)21(28)12-18/h3,7,9-14,19,22H,4-6,8H2,1-2H3/b17-9+/t19-,22-/m1/s1. The first-order valence-electron chi connectivity index (χ1n) is 11.2. The third-order valence-corrected chi connectivity index (χ3v) is 6.68. The number of halogens is 3. The molecule has 2 aliphatic rings. The second kappa shape index (κ2) is 8.66. The number of nitrogens with zero attached hydrogens (tertiary/aromatic N) is 3. The summed E-state index contributed by atoms with van der Waals surface area (Å²) < 4.78 is 48.6. The number of piperidine rings is 1. The molecule has 0 unspecified atom stereocenters. The monoisotopic (exact) mass is 467 g/mol. The maximum Gasteiger partial charge on any atom is 0.250 e. The Morgan fingerprint density at radius 3 is 2.53 bits per heavy atom. The fourth-order valence-electron chi connectivity index (χ4n) is 5.05. The lowest BCUT2D eigenvalue weighted by Gasteiger charge is -2.35. The van der Waals surface area contributed by atoms with Crippen LogP contribution in [0.5, 0.6) is 5.75 Å². The van der Waals surface area contributed by atoms with Gasteiger partial charge in [0.15, 0.2) is 17.5 Å². The first-order valence-corrected chi connectivity index (χ1v) is 11.2. The number of hydrogen-bond acceptors (Lipinski definition) is 3. The van der Waals surface area contributed by atoms with Crippen LogP contribution in [-0.4, -0.2) is 33.5 Å². The van der Waals surface area contributed by atoms with Gasteiger partial charge in [0.2, 0.25) is 0 Å². The molecule has 0 radical (unpaired) electrons. The molecule has 0 saturated carbocycles. The maximum atomic E-state index is 13.9. The normalized spacial score (nSPS) is 21.3. The van der Waals surface area contributed by atoms with Crippen LogP contribution >= 0.6 is 0 Å². The molecule has 5 rings (SSSR count). The van der Waals surface area contributed by atoms with Crippen LogP contribution in [0.2, 0.25) is 0 Å². The highest BCUT2D eigenvalue weighted by molar-refractivity contribution is 5.99. The van der Waals surface area contributed by atoms with Crippen molar-refractivity contribution in [1.29, 1.82) is 0 Å². The molecule has 2 aromatic carbocycles. The SMILES string of the molecule is COc1cc(/C=C2\CC[C@@H]3CC[C@H](c4cc(F)c(F)c(F)c4)N3C2=O)ccc1-n1cnc(C)c1. The van der Waals surface area contributed by atoms with Crippen molar-refractivity contribution in [2.45, 2.75) is 44.7 Å². The topological polar surface area (TPSA) is 47.4 Å². The Kier molecular flexibility index (Phi) is 5.67. The molecule has 176 valence electrons. The van der Waals surface area contributed by atoms with Gasteiger partial charge in [-0.2, -0.15) is 0 Å². The molecule has 2 atom stereocenters. The zero-order valence-electron chi connectivity index (χ0n) is 18.9.